The predicted molar refractivity (Wildman–Crippen MR) is 80.9 cm³/mol. The molecule has 0 bridgehead atoms. The van der Waals surface area contributed by atoms with E-state index in [-0.39, 0.29) is 11.7 Å². The molecule has 2 heterocycles. The summed E-state index contributed by atoms with van der Waals surface area (Å²) in [5.74, 6) is 0.135. The van der Waals surface area contributed by atoms with Gasteiger partial charge in [-0.05, 0) is 24.6 Å². The molecule has 0 atom stereocenters. The molecule has 0 N–H and O–H groups in total. The van der Waals surface area contributed by atoms with Crippen LogP contribution in [-0.2, 0) is 6.54 Å². The van der Waals surface area contributed by atoms with E-state index in [9.17, 15) is 9.18 Å². The monoisotopic (exact) mass is 302 g/mol. The van der Waals surface area contributed by atoms with Crippen LogP contribution in [0.25, 0.3) is 0 Å². The van der Waals surface area contributed by atoms with Crippen molar-refractivity contribution in [3.05, 3.63) is 59.8 Å². The molecule has 22 heavy (non-hydrogen) atoms. The third-order valence-corrected chi connectivity index (χ3v) is 3.96. The normalized spacial score (nSPS) is 16.5. The van der Waals surface area contributed by atoms with Gasteiger partial charge in [-0.3, -0.25) is 9.69 Å². The van der Waals surface area contributed by atoms with Crippen LogP contribution in [0.3, 0.4) is 0 Å². The van der Waals surface area contributed by atoms with Crippen LogP contribution in [-0.4, -0.2) is 41.9 Å². The Balaban J connectivity index is 1.60. The summed E-state index contributed by atoms with van der Waals surface area (Å²) in [5.41, 5.74) is 0.702. The number of furan rings is 1. The van der Waals surface area contributed by atoms with Gasteiger partial charge in [-0.25, -0.2) is 4.39 Å². The van der Waals surface area contributed by atoms with Crippen LogP contribution in [0.4, 0.5) is 4.39 Å². The van der Waals surface area contributed by atoms with Crippen LogP contribution in [0.5, 0.6) is 0 Å². The summed E-state index contributed by atoms with van der Waals surface area (Å²) in [7, 11) is 0. The zero-order chi connectivity index (χ0) is 15.4. The molecule has 5 heteroatoms. The van der Waals surface area contributed by atoms with Crippen molar-refractivity contribution in [1.82, 2.24) is 9.80 Å². The smallest absolute Gasteiger partial charge is 0.289 e. The van der Waals surface area contributed by atoms with Crippen molar-refractivity contribution in [1.29, 1.82) is 0 Å². The van der Waals surface area contributed by atoms with Crippen molar-refractivity contribution in [2.45, 2.75) is 13.0 Å². The van der Waals surface area contributed by atoms with Crippen LogP contribution >= 0.6 is 0 Å². The van der Waals surface area contributed by atoms with Gasteiger partial charge in [0.1, 0.15) is 5.82 Å². The lowest BCUT2D eigenvalue weighted by Crippen LogP contribution is -2.35. The van der Waals surface area contributed by atoms with Gasteiger partial charge in [0.2, 0.25) is 0 Å². The molecule has 1 aromatic carbocycles. The summed E-state index contributed by atoms with van der Waals surface area (Å²) < 4.78 is 18.9. The molecule has 0 aliphatic carbocycles. The van der Waals surface area contributed by atoms with E-state index in [0.29, 0.717) is 31.0 Å². The van der Waals surface area contributed by atoms with E-state index in [2.05, 4.69) is 4.90 Å². The van der Waals surface area contributed by atoms with Crippen molar-refractivity contribution in [2.75, 3.05) is 26.2 Å². The highest BCUT2D eigenvalue weighted by Gasteiger charge is 2.22. The Morgan fingerprint density at radius 2 is 1.95 bits per heavy atom. The number of nitrogens with zero attached hydrogens (tertiary/aromatic N) is 2. The maximum atomic E-state index is 13.7. The molecule has 1 aliphatic heterocycles. The molecule has 1 amide bonds. The van der Waals surface area contributed by atoms with Gasteiger partial charge in [0.25, 0.3) is 5.91 Å². The third-order valence-electron chi connectivity index (χ3n) is 3.96. The van der Waals surface area contributed by atoms with Gasteiger partial charge in [0.05, 0.1) is 6.26 Å². The first-order chi connectivity index (χ1) is 10.7. The summed E-state index contributed by atoms with van der Waals surface area (Å²) in [5, 5.41) is 0. The van der Waals surface area contributed by atoms with Crippen molar-refractivity contribution in [3.63, 3.8) is 0 Å². The van der Waals surface area contributed by atoms with E-state index in [4.69, 9.17) is 4.42 Å². The van der Waals surface area contributed by atoms with E-state index in [1.54, 1.807) is 23.1 Å². The first-order valence-corrected chi connectivity index (χ1v) is 7.52. The van der Waals surface area contributed by atoms with Gasteiger partial charge in [0, 0.05) is 38.3 Å². The van der Waals surface area contributed by atoms with Crippen LogP contribution in [0, 0.1) is 5.82 Å². The van der Waals surface area contributed by atoms with Crippen LogP contribution < -0.4 is 0 Å². The number of amides is 1. The first kappa shape index (κ1) is 14.8. The minimum atomic E-state index is -0.171. The van der Waals surface area contributed by atoms with Crippen LogP contribution in [0.2, 0.25) is 0 Å². The third kappa shape index (κ3) is 3.36. The Hall–Kier alpha value is -2.14. The molecule has 116 valence electrons. The van der Waals surface area contributed by atoms with Gasteiger partial charge >= 0.3 is 0 Å². The second-order valence-corrected chi connectivity index (χ2v) is 5.49. The lowest BCUT2D eigenvalue weighted by atomic mass is 10.2. The van der Waals surface area contributed by atoms with Gasteiger partial charge in [-0.2, -0.15) is 0 Å². The standard InChI is InChI=1S/C17H19FN2O2/c18-15-6-2-1-5-14(15)13-19-8-4-9-20(11-10-19)17(21)16-7-3-12-22-16/h1-3,5-7,12H,4,8-11,13H2. The SMILES string of the molecule is O=C(c1ccco1)N1CCCN(Cc2ccccc2F)CC1. The molecular weight excluding hydrogens is 283 g/mol. The molecule has 2 aromatic rings. The zero-order valence-electron chi connectivity index (χ0n) is 12.4. The maximum Gasteiger partial charge on any atom is 0.289 e. The quantitative estimate of drug-likeness (QED) is 0.875. The van der Waals surface area contributed by atoms with Gasteiger partial charge in [-0.1, -0.05) is 18.2 Å². The molecule has 0 unspecified atom stereocenters. The second kappa shape index (κ2) is 6.75. The molecule has 4 nitrogen and oxygen atoms in total. The van der Waals surface area contributed by atoms with Gasteiger partial charge in [0.15, 0.2) is 5.76 Å². The zero-order valence-corrected chi connectivity index (χ0v) is 12.4. The van der Waals surface area contributed by atoms with Crippen molar-refractivity contribution < 1.29 is 13.6 Å². The lowest BCUT2D eigenvalue weighted by Gasteiger charge is -2.21. The van der Waals surface area contributed by atoms with E-state index in [0.717, 1.165) is 19.5 Å². The number of halogens is 1. The Bertz CT molecular complexity index is 627. The molecule has 1 fully saturated rings. The Morgan fingerprint density at radius 3 is 2.73 bits per heavy atom. The van der Waals surface area contributed by atoms with Gasteiger partial charge in [-0.15, -0.1) is 0 Å². The highest BCUT2D eigenvalue weighted by atomic mass is 19.1. The molecule has 3 rings (SSSR count). The lowest BCUT2D eigenvalue weighted by molar-refractivity contribution is 0.0729. The first-order valence-electron chi connectivity index (χ1n) is 7.52. The summed E-state index contributed by atoms with van der Waals surface area (Å²) >= 11 is 0. The number of rotatable bonds is 3. The largest absolute Gasteiger partial charge is 0.459 e. The molecule has 1 aromatic heterocycles. The Kier molecular flexibility index (Phi) is 4.53. The second-order valence-electron chi connectivity index (χ2n) is 5.49. The summed E-state index contributed by atoms with van der Waals surface area (Å²) in [6.07, 6.45) is 2.39. The summed E-state index contributed by atoms with van der Waals surface area (Å²) in [6, 6.07) is 10.2. The fourth-order valence-corrected chi connectivity index (χ4v) is 2.76. The van der Waals surface area contributed by atoms with E-state index >= 15 is 0 Å². The molecule has 0 radical (unpaired) electrons. The minimum absolute atomic E-state index is 0.0715. The number of carbonyl (C=O) groups is 1. The number of carbonyl (C=O) groups excluding carboxylic acids is 1. The minimum Gasteiger partial charge on any atom is -0.459 e. The van der Waals surface area contributed by atoms with Crippen molar-refractivity contribution >= 4 is 5.91 Å². The summed E-state index contributed by atoms with van der Waals surface area (Å²) in [6.45, 7) is 3.51. The van der Waals surface area contributed by atoms with Crippen molar-refractivity contribution in [2.24, 2.45) is 0 Å². The fourth-order valence-electron chi connectivity index (χ4n) is 2.76. The number of hydrogen-bond acceptors (Lipinski definition) is 3. The number of benzene rings is 1. The van der Waals surface area contributed by atoms with E-state index in [1.165, 1.54) is 12.3 Å². The van der Waals surface area contributed by atoms with E-state index in [1.807, 2.05) is 12.1 Å². The van der Waals surface area contributed by atoms with Crippen LogP contribution in [0.15, 0.2) is 47.1 Å². The molecule has 1 aliphatic rings. The fraction of sp³-hybridized carbons (Fsp3) is 0.353. The average Bonchev–Trinajstić information content (AvgIpc) is 2.96. The molecule has 1 saturated heterocycles. The Morgan fingerprint density at radius 1 is 1.09 bits per heavy atom. The van der Waals surface area contributed by atoms with E-state index < -0.39 is 0 Å². The average molecular weight is 302 g/mol. The summed E-state index contributed by atoms with van der Waals surface area (Å²) in [4.78, 5) is 16.3. The number of hydrogen-bond donors (Lipinski definition) is 0. The predicted octanol–water partition coefficient (Wildman–Crippen LogP) is 2.77. The van der Waals surface area contributed by atoms with Crippen LogP contribution in [0.1, 0.15) is 22.5 Å². The van der Waals surface area contributed by atoms with Crippen molar-refractivity contribution in [3.8, 4) is 0 Å². The molecule has 0 spiro atoms. The topological polar surface area (TPSA) is 36.7 Å². The molecular formula is C17H19FN2O2. The van der Waals surface area contributed by atoms with Gasteiger partial charge < -0.3 is 9.32 Å². The maximum absolute atomic E-state index is 13.7. The highest BCUT2D eigenvalue weighted by Crippen LogP contribution is 2.14. The Labute approximate surface area is 129 Å². The molecule has 0 saturated carbocycles. The highest BCUT2D eigenvalue weighted by molar-refractivity contribution is 5.91.